The SMILES string of the molecule is CC(C)(C)C1=C(C#N)[C@@H](c2ccc(Br)cc2)NC(=O)N1. The smallest absolute Gasteiger partial charge is 0.319 e. The molecule has 0 radical (unpaired) electrons. The van der Waals surface area contributed by atoms with Crippen molar-refractivity contribution >= 4 is 22.0 Å². The van der Waals surface area contributed by atoms with Gasteiger partial charge in [-0.25, -0.2) is 4.79 Å². The Morgan fingerprint density at radius 3 is 2.35 bits per heavy atom. The second-order valence-electron chi connectivity index (χ2n) is 5.73. The second kappa shape index (κ2) is 5.29. The average molecular weight is 334 g/mol. The number of rotatable bonds is 1. The Labute approximate surface area is 127 Å². The number of nitriles is 1. The molecule has 5 heteroatoms. The summed E-state index contributed by atoms with van der Waals surface area (Å²) in [6, 6.07) is 9.15. The van der Waals surface area contributed by atoms with Crippen LogP contribution < -0.4 is 10.6 Å². The van der Waals surface area contributed by atoms with Gasteiger partial charge in [0, 0.05) is 15.6 Å². The van der Waals surface area contributed by atoms with Gasteiger partial charge in [0.15, 0.2) is 0 Å². The van der Waals surface area contributed by atoms with Gasteiger partial charge in [-0.15, -0.1) is 0 Å². The molecular formula is C15H16BrN3O. The molecule has 1 aromatic carbocycles. The minimum atomic E-state index is -0.406. The molecule has 0 saturated carbocycles. The van der Waals surface area contributed by atoms with Crippen LogP contribution >= 0.6 is 15.9 Å². The Balaban J connectivity index is 2.54. The Bertz CT molecular complexity index is 605. The summed E-state index contributed by atoms with van der Waals surface area (Å²) in [6.07, 6.45) is 0. The van der Waals surface area contributed by atoms with Crippen molar-refractivity contribution in [3.63, 3.8) is 0 Å². The number of benzene rings is 1. The average Bonchev–Trinajstić information content (AvgIpc) is 2.37. The Morgan fingerprint density at radius 2 is 1.85 bits per heavy atom. The van der Waals surface area contributed by atoms with Gasteiger partial charge in [-0.3, -0.25) is 0 Å². The first-order valence-electron chi connectivity index (χ1n) is 6.30. The lowest BCUT2D eigenvalue weighted by atomic mass is 9.84. The molecule has 1 aromatic rings. The number of nitrogens with one attached hydrogen (secondary N) is 2. The predicted molar refractivity (Wildman–Crippen MR) is 80.6 cm³/mol. The van der Waals surface area contributed by atoms with Crippen LogP contribution in [0.5, 0.6) is 0 Å². The number of allylic oxidation sites excluding steroid dienone is 1. The van der Waals surface area contributed by atoms with E-state index < -0.39 is 6.04 Å². The molecule has 0 spiro atoms. The zero-order valence-electron chi connectivity index (χ0n) is 11.6. The van der Waals surface area contributed by atoms with Gasteiger partial charge in [0.05, 0.1) is 17.7 Å². The Kier molecular flexibility index (Phi) is 3.87. The highest BCUT2D eigenvalue weighted by molar-refractivity contribution is 9.10. The predicted octanol–water partition coefficient (Wildman–Crippen LogP) is 3.63. The highest BCUT2D eigenvalue weighted by atomic mass is 79.9. The molecule has 104 valence electrons. The number of carbonyl (C=O) groups excluding carboxylic acids is 1. The first-order valence-corrected chi connectivity index (χ1v) is 7.10. The van der Waals surface area contributed by atoms with Crippen molar-refractivity contribution < 1.29 is 4.79 Å². The Hall–Kier alpha value is -1.80. The van der Waals surface area contributed by atoms with Crippen molar-refractivity contribution in [1.82, 2.24) is 10.6 Å². The molecule has 2 N–H and O–H groups in total. The van der Waals surface area contributed by atoms with E-state index in [1.165, 1.54) is 0 Å². The summed E-state index contributed by atoms with van der Waals surface area (Å²) in [5, 5.41) is 15.1. The second-order valence-corrected chi connectivity index (χ2v) is 6.65. The molecule has 0 fully saturated rings. The van der Waals surface area contributed by atoms with Crippen LogP contribution in [-0.2, 0) is 0 Å². The maximum atomic E-state index is 11.9. The summed E-state index contributed by atoms with van der Waals surface area (Å²) in [5.41, 5.74) is 1.83. The highest BCUT2D eigenvalue weighted by Gasteiger charge is 2.33. The van der Waals surface area contributed by atoms with Crippen molar-refractivity contribution in [2.24, 2.45) is 5.41 Å². The van der Waals surface area contributed by atoms with Crippen LogP contribution in [0.4, 0.5) is 4.79 Å². The fraction of sp³-hybridized carbons (Fsp3) is 0.333. The van der Waals surface area contributed by atoms with Gasteiger partial charge in [-0.05, 0) is 17.7 Å². The van der Waals surface area contributed by atoms with Gasteiger partial charge in [0.2, 0.25) is 0 Å². The molecule has 20 heavy (non-hydrogen) atoms. The first-order chi connectivity index (χ1) is 9.32. The minimum Gasteiger partial charge on any atom is -0.326 e. The zero-order valence-corrected chi connectivity index (χ0v) is 13.2. The molecule has 1 aliphatic heterocycles. The van der Waals surface area contributed by atoms with E-state index in [2.05, 4.69) is 32.6 Å². The number of urea groups is 1. The summed E-state index contributed by atoms with van der Waals surface area (Å²) in [4.78, 5) is 11.9. The fourth-order valence-corrected chi connectivity index (χ4v) is 2.45. The largest absolute Gasteiger partial charge is 0.326 e. The van der Waals surface area contributed by atoms with Gasteiger partial charge in [-0.1, -0.05) is 48.8 Å². The molecule has 1 heterocycles. The van der Waals surface area contributed by atoms with E-state index >= 15 is 0 Å². The normalized spacial score (nSPS) is 19.1. The molecule has 0 aliphatic carbocycles. The molecule has 2 amide bonds. The van der Waals surface area contributed by atoms with E-state index in [-0.39, 0.29) is 11.4 Å². The maximum Gasteiger partial charge on any atom is 0.319 e. The van der Waals surface area contributed by atoms with Crippen LogP contribution in [-0.4, -0.2) is 6.03 Å². The topological polar surface area (TPSA) is 64.9 Å². The molecule has 0 bridgehead atoms. The number of carbonyl (C=O) groups is 1. The zero-order chi connectivity index (χ0) is 14.9. The van der Waals surface area contributed by atoms with Gasteiger partial charge in [0.1, 0.15) is 0 Å². The molecular weight excluding hydrogens is 318 g/mol. The molecule has 1 atom stereocenters. The summed E-state index contributed by atoms with van der Waals surface area (Å²) >= 11 is 3.38. The lowest BCUT2D eigenvalue weighted by Gasteiger charge is -2.33. The van der Waals surface area contributed by atoms with Crippen molar-refractivity contribution in [1.29, 1.82) is 5.26 Å². The summed E-state index contributed by atoms with van der Waals surface area (Å²) in [7, 11) is 0. The van der Waals surface area contributed by atoms with E-state index in [0.29, 0.717) is 11.3 Å². The summed E-state index contributed by atoms with van der Waals surface area (Å²) < 4.78 is 0.958. The van der Waals surface area contributed by atoms with Crippen LogP contribution in [0.15, 0.2) is 40.0 Å². The lowest BCUT2D eigenvalue weighted by molar-refractivity contribution is 0.235. The highest BCUT2D eigenvalue weighted by Crippen LogP contribution is 2.34. The van der Waals surface area contributed by atoms with Crippen LogP contribution in [0.2, 0.25) is 0 Å². The van der Waals surface area contributed by atoms with Gasteiger partial charge in [0.25, 0.3) is 0 Å². The third-order valence-corrected chi connectivity index (χ3v) is 3.67. The lowest BCUT2D eigenvalue weighted by Crippen LogP contribution is -2.46. The van der Waals surface area contributed by atoms with Crippen LogP contribution in [0.3, 0.4) is 0 Å². The minimum absolute atomic E-state index is 0.276. The van der Waals surface area contributed by atoms with Gasteiger partial charge < -0.3 is 10.6 Å². The number of nitrogens with zero attached hydrogens (tertiary/aromatic N) is 1. The summed E-state index contributed by atoms with van der Waals surface area (Å²) in [6.45, 7) is 5.93. The van der Waals surface area contributed by atoms with Crippen LogP contribution in [0, 0.1) is 16.7 Å². The van der Waals surface area contributed by atoms with E-state index in [1.54, 1.807) is 0 Å². The van der Waals surface area contributed by atoms with E-state index in [4.69, 9.17) is 0 Å². The number of hydrogen-bond donors (Lipinski definition) is 2. The molecule has 0 aromatic heterocycles. The quantitative estimate of drug-likeness (QED) is 0.824. The first kappa shape index (κ1) is 14.6. The monoisotopic (exact) mass is 333 g/mol. The Morgan fingerprint density at radius 1 is 1.25 bits per heavy atom. The summed E-state index contributed by atoms with van der Waals surface area (Å²) in [5.74, 6) is 0. The third-order valence-electron chi connectivity index (χ3n) is 3.15. The molecule has 2 rings (SSSR count). The third kappa shape index (κ3) is 2.86. The maximum absolute atomic E-state index is 11.9. The molecule has 0 saturated heterocycles. The molecule has 1 aliphatic rings. The number of hydrogen-bond acceptors (Lipinski definition) is 2. The van der Waals surface area contributed by atoms with Gasteiger partial charge >= 0.3 is 6.03 Å². The molecule has 0 unspecified atom stereocenters. The number of halogens is 1. The standard InChI is InChI=1S/C15H16BrN3O/c1-15(2,3)13-11(8-17)12(18-14(20)19-13)9-4-6-10(16)7-5-9/h4-7,12H,1-3H3,(H2,18,19,20)/t12-/m1/s1. The van der Waals surface area contributed by atoms with E-state index in [1.807, 2.05) is 45.0 Å². The van der Waals surface area contributed by atoms with E-state index in [9.17, 15) is 10.1 Å². The molecule has 4 nitrogen and oxygen atoms in total. The number of amides is 2. The fourth-order valence-electron chi connectivity index (χ4n) is 2.18. The van der Waals surface area contributed by atoms with Crippen molar-refractivity contribution in [2.75, 3.05) is 0 Å². The van der Waals surface area contributed by atoms with Gasteiger partial charge in [-0.2, -0.15) is 5.26 Å². The van der Waals surface area contributed by atoms with Crippen molar-refractivity contribution in [2.45, 2.75) is 26.8 Å². The van der Waals surface area contributed by atoms with Crippen LogP contribution in [0.1, 0.15) is 32.4 Å². The van der Waals surface area contributed by atoms with E-state index in [0.717, 1.165) is 10.0 Å². The van der Waals surface area contributed by atoms with Crippen LogP contribution in [0.25, 0.3) is 0 Å². The van der Waals surface area contributed by atoms with Crippen molar-refractivity contribution in [3.8, 4) is 6.07 Å². The van der Waals surface area contributed by atoms with Crippen molar-refractivity contribution in [3.05, 3.63) is 45.6 Å².